The summed E-state index contributed by atoms with van der Waals surface area (Å²) in [6.07, 6.45) is 0. The van der Waals surface area contributed by atoms with Crippen molar-refractivity contribution in [3.05, 3.63) is 64.6 Å². The minimum Gasteiger partial charge on any atom is -0.367 e. The van der Waals surface area contributed by atoms with Crippen LogP contribution < -0.4 is 11.0 Å². The molecule has 0 spiro atoms. The fraction of sp³-hybridized carbons (Fsp3) is 0.125. The number of halogens is 1. The van der Waals surface area contributed by atoms with E-state index in [-0.39, 0.29) is 5.69 Å². The summed E-state index contributed by atoms with van der Waals surface area (Å²) >= 11 is 5.80. The molecule has 0 amide bonds. The summed E-state index contributed by atoms with van der Waals surface area (Å²) in [5.74, 6) is 1.13. The van der Waals surface area contributed by atoms with Gasteiger partial charge in [-0.15, -0.1) is 16.7 Å². The monoisotopic (exact) mass is 312 g/mol. The third kappa shape index (κ3) is 1.94. The Morgan fingerprint density at radius 3 is 2.68 bits per heavy atom. The topological polar surface area (TPSA) is 51.9 Å². The van der Waals surface area contributed by atoms with Crippen molar-refractivity contribution in [1.29, 1.82) is 0 Å². The van der Waals surface area contributed by atoms with E-state index in [1.54, 1.807) is 4.57 Å². The summed E-state index contributed by atoms with van der Waals surface area (Å²) in [4.78, 5) is 12.6. The van der Waals surface area contributed by atoms with Gasteiger partial charge in [-0.25, -0.2) is 4.79 Å². The zero-order chi connectivity index (χ0) is 15.1. The molecule has 0 atom stereocenters. The number of fused-ring (bicyclic) bond motifs is 3. The van der Waals surface area contributed by atoms with Crippen LogP contribution >= 0.6 is 11.6 Å². The van der Waals surface area contributed by atoms with Crippen molar-refractivity contribution in [2.75, 3.05) is 5.32 Å². The summed E-state index contributed by atoms with van der Waals surface area (Å²) in [6, 6.07) is 15.4. The van der Waals surface area contributed by atoms with Gasteiger partial charge < -0.3 is 5.32 Å². The van der Waals surface area contributed by atoms with Gasteiger partial charge in [0.05, 0.1) is 12.4 Å². The van der Waals surface area contributed by atoms with Gasteiger partial charge in [0.1, 0.15) is 0 Å². The van der Waals surface area contributed by atoms with Crippen molar-refractivity contribution in [2.24, 2.45) is 0 Å². The van der Waals surface area contributed by atoms with Crippen LogP contribution in [0.2, 0.25) is 0 Å². The van der Waals surface area contributed by atoms with Gasteiger partial charge in [0.15, 0.2) is 5.82 Å². The van der Waals surface area contributed by atoms with Gasteiger partial charge in [0, 0.05) is 17.1 Å². The fourth-order valence-corrected chi connectivity index (χ4v) is 2.81. The lowest BCUT2D eigenvalue weighted by Gasteiger charge is -2.17. The van der Waals surface area contributed by atoms with Gasteiger partial charge in [-0.3, -0.25) is 4.57 Å². The van der Waals surface area contributed by atoms with E-state index in [9.17, 15) is 4.79 Å². The van der Waals surface area contributed by atoms with Crippen LogP contribution in [0.25, 0.3) is 17.1 Å². The normalized spacial score (nSPS) is 12.4. The first-order chi connectivity index (χ1) is 10.8. The largest absolute Gasteiger partial charge is 0.367 e. The van der Waals surface area contributed by atoms with E-state index in [0.717, 1.165) is 22.5 Å². The lowest BCUT2D eigenvalue weighted by atomic mass is 10.1. The molecule has 1 aliphatic heterocycles. The number of nitrogens with one attached hydrogen (secondary N) is 1. The molecule has 22 heavy (non-hydrogen) atoms. The smallest absolute Gasteiger partial charge is 0.352 e. The van der Waals surface area contributed by atoms with E-state index in [1.165, 1.54) is 4.68 Å². The van der Waals surface area contributed by atoms with Crippen molar-refractivity contribution in [3.63, 3.8) is 0 Å². The highest BCUT2D eigenvalue weighted by molar-refractivity contribution is 6.17. The van der Waals surface area contributed by atoms with Crippen LogP contribution in [0.1, 0.15) is 5.56 Å². The fourth-order valence-electron chi connectivity index (χ4n) is 2.63. The van der Waals surface area contributed by atoms with E-state index >= 15 is 0 Å². The lowest BCUT2D eigenvalue weighted by molar-refractivity contribution is 0.718. The van der Waals surface area contributed by atoms with Gasteiger partial charge >= 0.3 is 5.69 Å². The van der Waals surface area contributed by atoms with E-state index in [2.05, 4.69) is 10.4 Å². The zero-order valence-corrected chi connectivity index (χ0v) is 12.4. The van der Waals surface area contributed by atoms with Crippen LogP contribution in [0.5, 0.6) is 0 Å². The van der Waals surface area contributed by atoms with E-state index in [4.69, 9.17) is 11.6 Å². The molecular weight excluding hydrogens is 300 g/mol. The second-order valence-corrected chi connectivity index (χ2v) is 5.39. The first-order valence-electron chi connectivity index (χ1n) is 6.96. The van der Waals surface area contributed by atoms with Gasteiger partial charge in [-0.1, -0.05) is 24.3 Å². The zero-order valence-electron chi connectivity index (χ0n) is 11.7. The Kier molecular flexibility index (Phi) is 3.01. The molecular formula is C16H13ClN4O. The maximum Gasteiger partial charge on any atom is 0.352 e. The molecule has 1 N–H and O–H groups in total. The van der Waals surface area contributed by atoms with Crippen LogP contribution in [-0.4, -0.2) is 14.3 Å². The van der Waals surface area contributed by atoms with Crippen molar-refractivity contribution in [1.82, 2.24) is 14.3 Å². The predicted octanol–water partition coefficient (Wildman–Crippen LogP) is 2.82. The summed E-state index contributed by atoms with van der Waals surface area (Å²) in [5.41, 5.74) is 3.51. The molecule has 0 radical (unpaired) electrons. The number of rotatable bonds is 2. The van der Waals surface area contributed by atoms with Gasteiger partial charge in [-0.05, 0) is 29.8 Å². The average Bonchev–Trinajstić information content (AvgIpc) is 2.92. The summed E-state index contributed by atoms with van der Waals surface area (Å²) < 4.78 is 3.06. The van der Waals surface area contributed by atoms with Gasteiger partial charge in [0.25, 0.3) is 0 Å². The molecule has 1 aliphatic rings. The maximum absolute atomic E-state index is 12.6. The van der Waals surface area contributed by atoms with Crippen molar-refractivity contribution < 1.29 is 0 Å². The number of alkyl halides is 1. The Morgan fingerprint density at radius 1 is 1.14 bits per heavy atom. The second-order valence-electron chi connectivity index (χ2n) is 5.13. The van der Waals surface area contributed by atoms with Gasteiger partial charge in [-0.2, -0.15) is 4.68 Å². The predicted molar refractivity (Wildman–Crippen MR) is 86.4 cm³/mol. The standard InChI is InChI=1S/C16H13ClN4O/c17-9-11-5-7-12(8-6-11)21-16(22)20-10-18-14-4-2-1-3-13(14)15(20)19-21/h1-8,18H,9-10H2. The van der Waals surface area contributed by atoms with Crippen LogP contribution in [0.4, 0.5) is 5.69 Å². The maximum atomic E-state index is 12.6. The molecule has 0 fully saturated rings. The number of hydrogen-bond acceptors (Lipinski definition) is 3. The molecule has 2 heterocycles. The molecule has 0 bridgehead atoms. The number of para-hydroxylation sites is 1. The Morgan fingerprint density at radius 2 is 1.91 bits per heavy atom. The molecule has 4 rings (SSSR count). The van der Waals surface area contributed by atoms with Crippen molar-refractivity contribution in [2.45, 2.75) is 12.5 Å². The van der Waals surface area contributed by atoms with Crippen LogP contribution in [-0.2, 0) is 12.5 Å². The Bertz CT molecular complexity index is 895. The van der Waals surface area contributed by atoms with Crippen molar-refractivity contribution in [3.8, 4) is 17.1 Å². The summed E-state index contributed by atoms with van der Waals surface area (Å²) in [5, 5.41) is 7.75. The first kappa shape index (κ1) is 13.2. The van der Waals surface area contributed by atoms with Crippen molar-refractivity contribution >= 4 is 17.3 Å². The Hall–Kier alpha value is -2.53. The molecule has 1 aromatic heterocycles. The number of hydrogen-bond donors (Lipinski definition) is 1. The Balaban J connectivity index is 1.87. The summed E-state index contributed by atoms with van der Waals surface area (Å²) in [6.45, 7) is 0.422. The minimum absolute atomic E-state index is 0.157. The second kappa shape index (κ2) is 5.03. The van der Waals surface area contributed by atoms with E-state index < -0.39 is 0 Å². The number of anilines is 1. The van der Waals surface area contributed by atoms with Crippen LogP contribution in [0.15, 0.2) is 53.3 Å². The molecule has 6 heteroatoms. The quantitative estimate of drug-likeness (QED) is 0.740. The highest BCUT2D eigenvalue weighted by Gasteiger charge is 2.21. The molecule has 0 saturated heterocycles. The molecule has 3 aromatic rings. The first-order valence-corrected chi connectivity index (χ1v) is 7.50. The molecule has 0 aliphatic carbocycles. The van der Waals surface area contributed by atoms with Crippen LogP contribution in [0, 0.1) is 0 Å². The number of aromatic nitrogens is 3. The average molecular weight is 313 g/mol. The number of benzene rings is 2. The SMILES string of the molecule is O=c1n(-c2ccc(CCl)cc2)nc2n1CNc1ccccc1-2. The third-order valence-corrected chi connectivity index (χ3v) is 4.10. The molecule has 0 unspecified atom stereocenters. The minimum atomic E-state index is -0.157. The molecule has 0 saturated carbocycles. The highest BCUT2D eigenvalue weighted by Crippen LogP contribution is 2.29. The van der Waals surface area contributed by atoms with E-state index in [0.29, 0.717) is 18.4 Å². The number of nitrogens with zero attached hydrogens (tertiary/aromatic N) is 3. The summed E-state index contributed by atoms with van der Waals surface area (Å²) in [7, 11) is 0. The molecule has 2 aromatic carbocycles. The van der Waals surface area contributed by atoms with Gasteiger partial charge in [0.2, 0.25) is 0 Å². The lowest BCUT2D eigenvalue weighted by Crippen LogP contribution is -2.28. The molecule has 5 nitrogen and oxygen atoms in total. The van der Waals surface area contributed by atoms with E-state index in [1.807, 2.05) is 48.5 Å². The molecule has 110 valence electrons. The Labute approximate surface area is 131 Å². The third-order valence-electron chi connectivity index (χ3n) is 3.79. The van der Waals surface area contributed by atoms with Crippen LogP contribution in [0.3, 0.4) is 0 Å². The highest BCUT2D eigenvalue weighted by atomic mass is 35.5.